The molecule has 0 spiro atoms. The Bertz CT molecular complexity index is 405. The molecule has 0 bridgehead atoms. The molecule has 0 aromatic heterocycles. The van der Waals surface area contributed by atoms with Gasteiger partial charge in [-0.3, -0.25) is 0 Å². The summed E-state index contributed by atoms with van der Waals surface area (Å²) in [6.45, 7) is 0. The Morgan fingerprint density at radius 3 is 2.59 bits per heavy atom. The number of nitrogens with two attached hydrogens (primary N) is 1. The number of benzene rings is 1. The lowest BCUT2D eigenvalue weighted by Gasteiger charge is -2.28. The van der Waals surface area contributed by atoms with Crippen LogP contribution in [0.2, 0.25) is 5.02 Å². The van der Waals surface area contributed by atoms with Crippen molar-refractivity contribution in [3.8, 4) is 5.75 Å². The van der Waals surface area contributed by atoms with Crippen LogP contribution in [0.5, 0.6) is 5.75 Å². The molecule has 3 N–H and O–H groups in total. The maximum atomic E-state index is 13.1. The van der Waals surface area contributed by atoms with Gasteiger partial charge >= 0.3 is 0 Å². The summed E-state index contributed by atoms with van der Waals surface area (Å²) in [6.07, 6.45) is 5.73. The normalized spacial score (nSPS) is 19.2. The Labute approximate surface area is 106 Å². The monoisotopic (exact) mass is 257 g/mol. The van der Waals surface area contributed by atoms with Crippen LogP contribution in [0.15, 0.2) is 12.1 Å². The van der Waals surface area contributed by atoms with Gasteiger partial charge in [0.25, 0.3) is 0 Å². The van der Waals surface area contributed by atoms with Gasteiger partial charge in [-0.1, -0.05) is 36.9 Å². The van der Waals surface area contributed by atoms with Crippen LogP contribution < -0.4 is 5.73 Å². The lowest BCUT2D eigenvalue weighted by molar-refractivity contribution is 0.302. The number of rotatable bonds is 2. The molecular weight excluding hydrogens is 241 g/mol. The summed E-state index contributed by atoms with van der Waals surface area (Å²) >= 11 is 5.69. The maximum absolute atomic E-state index is 13.1. The van der Waals surface area contributed by atoms with Crippen LogP contribution in [0.3, 0.4) is 0 Å². The van der Waals surface area contributed by atoms with Crippen LogP contribution in [0.4, 0.5) is 4.39 Å². The minimum Gasteiger partial charge on any atom is -0.506 e. The molecule has 1 saturated carbocycles. The average molecular weight is 258 g/mol. The molecule has 4 heteroatoms. The minimum absolute atomic E-state index is 0.204. The topological polar surface area (TPSA) is 46.2 Å². The first-order valence-corrected chi connectivity index (χ1v) is 6.41. The lowest BCUT2D eigenvalue weighted by Crippen LogP contribution is -2.23. The summed E-state index contributed by atoms with van der Waals surface area (Å²) in [5, 5.41) is 9.60. The largest absolute Gasteiger partial charge is 0.506 e. The van der Waals surface area contributed by atoms with Crippen LogP contribution in [0.25, 0.3) is 0 Å². The highest BCUT2D eigenvalue weighted by atomic mass is 35.5. The van der Waals surface area contributed by atoms with Crippen molar-refractivity contribution in [2.75, 3.05) is 0 Å². The van der Waals surface area contributed by atoms with E-state index in [1.807, 2.05) is 0 Å². The first-order chi connectivity index (χ1) is 8.11. The van der Waals surface area contributed by atoms with E-state index < -0.39 is 5.82 Å². The summed E-state index contributed by atoms with van der Waals surface area (Å²) in [4.78, 5) is 0. The summed E-state index contributed by atoms with van der Waals surface area (Å²) < 4.78 is 13.1. The molecule has 0 aliphatic heterocycles. The predicted molar refractivity (Wildman–Crippen MR) is 66.6 cm³/mol. The van der Waals surface area contributed by atoms with E-state index >= 15 is 0 Å². The molecule has 2 nitrogen and oxygen atoms in total. The fourth-order valence-electron chi connectivity index (χ4n) is 2.57. The molecule has 0 saturated heterocycles. The molecule has 1 aromatic carbocycles. The third-order valence-electron chi connectivity index (χ3n) is 3.62. The molecular formula is C13H17ClFNO. The third-order valence-corrected chi connectivity index (χ3v) is 3.98. The zero-order valence-corrected chi connectivity index (χ0v) is 10.4. The van der Waals surface area contributed by atoms with Gasteiger partial charge in [-0.25, -0.2) is 4.39 Å². The molecule has 1 fully saturated rings. The van der Waals surface area contributed by atoms with Crippen molar-refractivity contribution >= 4 is 11.6 Å². The van der Waals surface area contributed by atoms with Gasteiger partial charge in [-0.2, -0.15) is 0 Å². The third kappa shape index (κ3) is 2.55. The van der Waals surface area contributed by atoms with Crippen molar-refractivity contribution < 1.29 is 9.50 Å². The molecule has 94 valence electrons. The van der Waals surface area contributed by atoms with Gasteiger partial charge in [0.05, 0.1) is 0 Å². The fourth-order valence-corrected chi connectivity index (χ4v) is 2.74. The predicted octanol–water partition coefficient (Wildman–Crippen LogP) is 3.76. The van der Waals surface area contributed by atoms with E-state index in [9.17, 15) is 9.50 Å². The highest BCUT2D eigenvalue weighted by Crippen LogP contribution is 2.39. The van der Waals surface area contributed by atoms with Crippen molar-refractivity contribution in [1.29, 1.82) is 0 Å². The molecule has 0 radical (unpaired) electrons. The van der Waals surface area contributed by atoms with E-state index in [1.165, 1.54) is 31.4 Å². The summed E-state index contributed by atoms with van der Waals surface area (Å²) in [7, 11) is 0. The second-order valence-electron chi connectivity index (χ2n) is 4.72. The number of phenols is 1. The molecule has 17 heavy (non-hydrogen) atoms. The van der Waals surface area contributed by atoms with E-state index in [-0.39, 0.29) is 16.8 Å². The van der Waals surface area contributed by atoms with E-state index in [2.05, 4.69) is 0 Å². The van der Waals surface area contributed by atoms with E-state index in [0.29, 0.717) is 11.5 Å². The average Bonchev–Trinajstić information content (AvgIpc) is 2.36. The second kappa shape index (κ2) is 5.23. The number of aromatic hydroxyl groups is 1. The van der Waals surface area contributed by atoms with Crippen LogP contribution in [0.1, 0.15) is 43.7 Å². The van der Waals surface area contributed by atoms with E-state index in [0.717, 1.165) is 12.8 Å². The van der Waals surface area contributed by atoms with Crippen molar-refractivity contribution in [1.82, 2.24) is 0 Å². The van der Waals surface area contributed by atoms with Gasteiger partial charge in [0.1, 0.15) is 16.6 Å². The highest BCUT2D eigenvalue weighted by molar-refractivity contribution is 6.32. The molecule has 0 heterocycles. The van der Waals surface area contributed by atoms with Gasteiger partial charge in [0.2, 0.25) is 0 Å². The van der Waals surface area contributed by atoms with Crippen molar-refractivity contribution in [3.05, 3.63) is 28.5 Å². The van der Waals surface area contributed by atoms with Crippen molar-refractivity contribution in [2.24, 2.45) is 11.7 Å². The molecule has 1 aromatic rings. The van der Waals surface area contributed by atoms with E-state index in [4.69, 9.17) is 17.3 Å². The van der Waals surface area contributed by atoms with Crippen LogP contribution in [-0.2, 0) is 0 Å². The van der Waals surface area contributed by atoms with Crippen molar-refractivity contribution in [3.63, 3.8) is 0 Å². The quantitative estimate of drug-likeness (QED) is 0.847. The number of hydrogen-bond donors (Lipinski definition) is 2. The Hall–Kier alpha value is -0.800. The van der Waals surface area contributed by atoms with Gasteiger partial charge in [0, 0.05) is 11.6 Å². The molecule has 0 unspecified atom stereocenters. The van der Waals surface area contributed by atoms with E-state index in [1.54, 1.807) is 0 Å². The SMILES string of the molecule is N[C@@H](c1ccc(F)c(Cl)c1O)C1CCCCC1. The first kappa shape index (κ1) is 12.7. The summed E-state index contributed by atoms with van der Waals surface area (Å²) in [5.41, 5.74) is 6.71. The highest BCUT2D eigenvalue weighted by Gasteiger charge is 2.25. The standard InChI is InChI=1S/C13H17ClFNO/c14-11-10(15)7-6-9(13(11)17)12(16)8-4-2-1-3-5-8/h6-8,12,17H,1-5,16H2/t12-/m1/s1. The summed E-state index contributed by atoms with van der Waals surface area (Å²) in [6, 6.07) is 2.55. The smallest absolute Gasteiger partial charge is 0.145 e. The molecule has 0 amide bonds. The van der Waals surface area contributed by atoms with Gasteiger partial charge < -0.3 is 10.8 Å². The van der Waals surface area contributed by atoms with Crippen LogP contribution >= 0.6 is 11.6 Å². The van der Waals surface area contributed by atoms with Gasteiger partial charge in [-0.05, 0) is 24.8 Å². The molecule has 1 aliphatic carbocycles. The molecule has 1 aliphatic rings. The second-order valence-corrected chi connectivity index (χ2v) is 5.10. The maximum Gasteiger partial charge on any atom is 0.145 e. The zero-order valence-electron chi connectivity index (χ0n) is 9.63. The van der Waals surface area contributed by atoms with Gasteiger partial charge in [-0.15, -0.1) is 0 Å². The lowest BCUT2D eigenvalue weighted by atomic mass is 9.81. The van der Waals surface area contributed by atoms with Crippen LogP contribution in [-0.4, -0.2) is 5.11 Å². The zero-order chi connectivity index (χ0) is 12.4. The van der Waals surface area contributed by atoms with Gasteiger partial charge in [0.15, 0.2) is 0 Å². The molecule has 1 atom stereocenters. The minimum atomic E-state index is -0.608. The Morgan fingerprint density at radius 1 is 1.29 bits per heavy atom. The number of phenolic OH excluding ortho intramolecular Hbond substituents is 1. The van der Waals surface area contributed by atoms with Crippen LogP contribution in [0, 0.1) is 11.7 Å². The Kier molecular flexibility index (Phi) is 3.89. The fraction of sp³-hybridized carbons (Fsp3) is 0.538. The Balaban J connectivity index is 2.24. The summed E-state index contributed by atoms with van der Waals surface area (Å²) in [5.74, 6) is -0.454. The Morgan fingerprint density at radius 2 is 1.94 bits per heavy atom. The number of halogens is 2. The molecule has 2 rings (SSSR count). The first-order valence-electron chi connectivity index (χ1n) is 6.03. The number of hydrogen-bond acceptors (Lipinski definition) is 2. The van der Waals surface area contributed by atoms with Crippen molar-refractivity contribution in [2.45, 2.75) is 38.1 Å².